The molecule has 2 rings (SSSR count). The quantitative estimate of drug-likeness (QED) is 0.197. The van der Waals surface area contributed by atoms with Crippen molar-refractivity contribution in [3.8, 4) is 0 Å². The number of hydrogen-bond donors (Lipinski definition) is 2. The molecule has 1 heterocycles. The number of anilines is 1. The molecule has 0 unspecified atom stereocenters. The molecule has 0 bridgehead atoms. The molecule has 1 aromatic carbocycles. The van der Waals surface area contributed by atoms with E-state index in [0.717, 1.165) is 34.7 Å². The highest BCUT2D eigenvalue weighted by Gasteiger charge is 2.02. The van der Waals surface area contributed by atoms with Crippen LogP contribution in [0.2, 0.25) is 5.02 Å². The van der Waals surface area contributed by atoms with E-state index in [2.05, 4.69) is 26.7 Å². The van der Waals surface area contributed by atoms with E-state index in [4.69, 9.17) is 11.6 Å². The van der Waals surface area contributed by atoms with E-state index in [9.17, 15) is 0 Å². The fraction of sp³-hybridized carbons (Fsp3) is 0.333. The number of pyridine rings is 1. The van der Waals surface area contributed by atoms with Crippen LogP contribution >= 0.6 is 47.3 Å². The number of benzene rings is 1. The summed E-state index contributed by atoms with van der Waals surface area (Å²) in [5, 5.41) is 7.41. The molecule has 8 heteroatoms. The van der Waals surface area contributed by atoms with E-state index in [1.54, 1.807) is 18.8 Å². The van der Waals surface area contributed by atoms with Gasteiger partial charge in [-0.05, 0) is 42.0 Å². The summed E-state index contributed by atoms with van der Waals surface area (Å²) in [6.07, 6.45) is 1.82. The summed E-state index contributed by atoms with van der Waals surface area (Å²) in [5.41, 5.74) is 1.16. The molecule has 5 nitrogen and oxygen atoms in total. The van der Waals surface area contributed by atoms with Crippen molar-refractivity contribution in [1.82, 2.24) is 15.6 Å². The SMILES string of the molecule is CN=C(NCCSc1ccc(Cl)cc1)NCc1ccnc(N(C)C)c1.I. The Hall–Kier alpha value is -1.19. The first-order chi connectivity index (χ1) is 12.1. The van der Waals surface area contributed by atoms with Gasteiger partial charge in [-0.3, -0.25) is 4.99 Å². The van der Waals surface area contributed by atoms with E-state index >= 15 is 0 Å². The standard InChI is InChI=1S/C18H24ClN5S.HI/c1-20-18(22-10-11-25-16-6-4-15(19)5-7-16)23-13-14-8-9-21-17(12-14)24(2)3;/h4-9,12H,10-11,13H2,1-3H3,(H2,20,22,23);1H. The Morgan fingerprint density at radius 3 is 2.58 bits per heavy atom. The van der Waals surface area contributed by atoms with Crippen molar-refractivity contribution in [3.63, 3.8) is 0 Å². The topological polar surface area (TPSA) is 52.6 Å². The lowest BCUT2D eigenvalue weighted by molar-refractivity contribution is 0.830. The maximum absolute atomic E-state index is 5.89. The van der Waals surface area contributed by atoms with Gasteiger partial charge in [0, 0.05) is 56.1 Å². The Balaban J connectivity index is 0.00000338. The van der Waals surface area contributed by atoms with Gasteiger partial charge in [-0.25, -0.2) is 4.98 Å². The van der Waals surface area contributed by atoms with Crippen LogP contribution in [0.5, 0.6) is 0 Å². The first-order valence-electron chi connectivity index (χ1n) is 8.03. The minimum Gasteiger partial charge on any atom is -0.363 e. The maximum Gasteiger partial charge on any atom is 0.191 e. The smallest absolute Gasteiger partial charge is 0.191 e. The number of aliphatic imine (C=N–C) groups is 1. The second-order valence-electron chi connectivity index (χ2n) is 5.57. The molecular formula is C18H25ClIN5S. The van der Waals surface area contributed by atoms with Gasteiger partial charge in [0.25, 0.3) is 0 Å². The molecule has 0 saturated carbocycles. The molecule has 26 heavy (non-hydrogen) atoms. The van der Waals surface area contributed by atoms with Crippen LogP contribution in [0.4, 0.5) is 5.82 Å². The zero-order valence-corrected chi connectivity index (χ0v) is 19.1. The van der Waals surface area contributed by atoms with Crippen molar-refractivity contribution in [3.05, 3.63) is 53.2 Å². The lowest BCUT2D eigenvalue weighted by Crippen LogP contribution is -2.38. The predicted octanol–water partition coefficient (Wildman–Crippen LogP) is 3.88. The van der Waals surface area contributed by atoms with Crippen molar-refractivity contribution in [1.29, 1.82) is 0 Å². The summed E-state index contributed by atoms with van der Waals surface area (Å²) >= 11 is 7.68. The molecule has 1 aromatic heterocycles. The largest absolute Gasteiger partial charge is 0.363 e. The Bertz CT molecular complexity index is 694. The Morgan fingerprint density at radius 2 is 1.92 bits per heavy atom. The normalized spacial score (nSPS) is 10.8. The number of thioether (sulfide) groups is 1. The molecule has 142 valence electrons. The van der Waals surface area contributed by atoms with Gasteiger partial charge in [0.2, 0.25) is 0 Å². The molecule has 0 aliphatic heterocycles. The van der Waals surface area contributed by atoms with Crippen LogP contribution < -0.4 is 15.5 Å². The molecule has 2 aromatic rings. The van der Waals surface area contributed by atoms with Gasteiger partial charge in [0.15, 0.2) is 5.96 Å². The summed E-state index contributed by atoms with van der Waals surface area (Å²) in [6.45, 7) is 1.53. The molecular weight excluding hydrogens is 481 g/mol. The zero-order valence-electron chi connectivity index (χ0n) is 15.2. The van der Waals surface area contributed by atoms with E-state index in [1.807, 2.05) is 55.5 Å². The number of hydrogen-bond acceptors (Lipinski definition) is 4. The molecule has 0 saturated heterocycles. The molecule has 0 atom stereocenters. The van der Waals surface area contributed by atoms with Gasteiger partial charge in [-0.1, -0.05) is 11.6 Å². The van der Waals surface area contributed by atoms with Gasteiger partial charge in [0.1, 0.15) is 5.82 Å². The van der Waals surface area contributed by atoms with Crippen LogP contribution in [-0.4, -0.2) is 44.4 Å². The average molecular weight is 506 g/mol. The van der Waals surface area contributed by atoms with Crippen molar-refractivity contribution < 1.29 is 0 Å². The third kappa shape index (κ3) is 8.01. The molecule has 2 N–H and O–H groups in total. The fourth-order valence-corrected chi connectivity index (χ4v) is 2.98. The van der Waals surface area contributed by atoms with Crippen LogP contribution in [0.15, 0.2) is 52.5 Å². The molecule has 0 spiro atoms. The molecule has 0 amide bonds. The summed E-state index contributed by atoms with van der Waals surface area (Å²) in [4.78, 5) is 11.8. The minimum atomic E-state index is 0. The predicted molar refractivity (Wildman–Crippen MR) is 124 cm³/mol. The lowest BCUT2D eigenvalue weighted by Gasteiger charge is -2.14. The van der Waals surface area contributed by atoms with Gasteiger partial charge in [-0.2, -0.15) is 0 Å². The van der Waals surface area contributed by atoms with Gasteiger partial charge in [0.05, 0.1) is 0 Å². The van der Waals surface area contributed by atoms with Crippen molar-refractivity contribution in [2.24, 2.45) is 4.99 Å². The van der Waals surface area contributed by atoms with Crippen LogP contribution in [0.3, 0.4) is 0 Å². The van der Waals surface area contributed by atoms with Crippen molar-refractivity contribution in [2.45, 2.75) is 11.4 Å². The second-order valence-corrected chi connectivity index (χ2v) is 7.18. The van der Waals surface area contributed by atoms with E-state index in [-0.39, 0.29) is 24.0 Å². The highest BCUT2D eigenvalue weighted by atomic mass is 127. The molecule has 0 radical (unpaired) electrons. The first kappa shape index (κ1) is 22.9. The van der Waals surface area contributed by atoms with Crippen molar-refractivity contribution in [2.75, 3.05) is 38.3 Å². The molecule has 0 aliphatic carbocycles. The summed E-state index contributed by atoms with van der Waals surface area (Å²) in [7, 11) is 5.75. The lowest BCUT2D eigenvalue weighted by atomic mass is 10.2. The van der Waals surface area contributed by atoms with Gasteiger partial charge in [-0.15, -0.1) is 35.7 Å². The molecule has 0 aliphatic rings. The van der Waals surface area contributed by atoms with Crippen molar-refractivity contribution >= 4 is 59.1 Å². The number of rotatable bonds is 7. The Labute approximate surface area is 182 Å². The molecule has 0 fully saturated rings. The Morgan fingerprint density at radius 1 is 1.19 bits per heavy atom. The van der Waals surface area contributed by atoms with E-state index in [0.29, 0.717) is 6.54 Å². The highest BCUT2D eigenvalue weighted by molar-refractivity contribution is 14.0. The third-order valence-electron chi connectivity index (χ3n) is 3.43. The monoisotopic (exact) mass is 505 g/mol. The first-order valence-corrected chi connectivity index (χ1v) is 9.40. The number of halogens is 2. The minimum absolute atomic E-state index is 0. The fourth-order valence-electron chi connectivity index (χ4n) is 2.09. The number of nitrogens with zero attached hydrogens (tertiary/aromatic N) is 3. The van der Waals surface area contributed by atoms with Crippen LogP contribution in [-0.2, 0) is 6.54 Å². The Kier molecular flexibility index (Phi) is 10.8. The summed E-state index contributed by atoms with van der Waals surface area (Å²) in [6, 6.07) is 12.0. The number of nitrogens with one attached hydrogen (secondary N) is 2. The van der Waals surface area contributed by atoms with E-state index in [1.165, 1.54) is 4.90 Å². The summed E-state index contributed by atoms with van der Waals surface area (Å²) in [5.74, 6) is 2.68. The maximum atomic E-state index is 5.89. The average Bonchev–Trinajstić information content (AvgIpc) is 2.63. The van der Waals surface area contributed by atoms with E-state index < -0.39 is 0 Å². The highest BCUT2D eigenvalue weighted by Crippen LogP contribution is 2.19. The number of aromatic nitrogens is 1. The van der Waals surface area contributed by atoms with Gasteiger partial charge >= 0.3 is 0 Å². The second kappa shape index (κ2) is 12.2. The van der Waals surface area contributed by atoms with Gasteiger partial charge < -0.3 is 15.5 Å². The van der Waals surface area contributed by atoms with Crippen LogP contribution in [0, 0.1) is 0 Å². The third-order valence-corrected chi connectivity index (χ3v) is 4.69. The number of guanidine groups is 1. The zero-order chi connectivity index (χ0) is 18.1. The van der Waals surface area contributed by atoms with Crippen LogP contribution in [0.25, 0.3) is 0 Å². The van der Waals surface area contributed by atoms with Crippen LogP contribution in [0.1, 0.15) is 5.56 Å². The summed E-state index contributed by atoms with van der Waals surface area (Å²) < 4.78 is 0.